The van der Waals surface area contributed by atoms with Crippen LogP contribution in [0.3, 0.4) is 0 Å². The predicted molar refractivity (Wildman–Crippen MR) is 108 cm³/mol. The van der Waals surface area contributed by atoms with Crippen molar-refractivity contribution >= 4 is 45.6 Å². The lowest BCUT2D eigenvalue weighted by Gasteiger charge is -2.01. The lowest BCUT2D eigenvalue weighted by atomic mass is 10.1. The number of nitrogens with zero attached hydrogens (tertiary/aromatic N) is 1. The highest BCUT2D eigenvalue weighted by Gasteiger charge is 2.13. The van der Waals surface area contributed by atoms with E-state index < -0.39 is 0 Å². The van der Waals surface area contributed by atoms with Gasteiger partial charge in [0.2, 0.25) is 0 Å². The van der Waals surface area contributed by atoms with E-state index >= 15 is 0 Å². The largest absolute Gasteiger partial charge is 0.497 e. The van der Waals surface area contributed by atoms with Gasteiger partial charge in [0.1, 0.15) is 5.75 Å². The van der Waals surface area contributed by atoms with E-state index in [1.807, 2.05) is 43.3 Å². The Hall–Kier alpha value is -2.63. The molecule has 0 bridgehead atoms. The Bertz CT molecular complexity index is 931. The summed E-state index contributed by atoms with van der Waals surface area (Å²) in [6.07, 6.45) is 3.35. The molecular weight excluding hydrogens is 368 g/mol. The maximum atomic E-state index is 12.5. The summed E-state index contributed by atoms with van der Waals surface area (Å²) in [4.78, 5) is 17.5. The SMILES string of the molecule is COc1ccc(/C=C/C(=O)c2sc(Nc3ccc(Cl)cc3)nc2C)cc1. The molecule has 1 aromatic heterocycles. The third-order valence-electron chi connectivity index (χ3n) is 3.66. The minimum absolute atomic E-state index is 0.0695. The number of aromatic nitrogens is 1. The standard InChI is InChI=1S/C20H17ClN2O2S/c1-13-19(18(24)12-5-14-3-10-17(25-2)11-4-14)26-20(22-13)23-16-8-6-15(21)7-9-16/h3-12H,1-2H3,(H,22,23)/b12-5+. The number of carbonyl (C=O) groups is 1. The van der Waals surface area contributed by atoms with E-state index in [1.54, 1.807) is 31.4 Å². The number of nitrogens with one attached hydrogen (secondary N) is 1. The van der Waals surface area contributed by atoms with Gasteiger partial charge in [-0.1, -0.05) is 41.1 Å². The molecule has 0 fully saturated rings. The van der Waals surface area contributed by atoms with Crippen molar-refractivity contribution in [1.29, 1.82) is 0 Å². The fourth-order valence-corrected chi connectivity index (χ4v) is 3.33. The van der Waals surface area contributed by atoms with Crippen LogP contribution in [0.25, 0.3) is 6.08 Å². The Morgan fingerprint density at radius 3 is 2.50 bits per heavy atom. The number of rotatable bonds is 6. The second-order valence-electron chi connectivity index (χ2n) is 5.54. The highest BCUT2D eigenvalue weighted by molar-refractivity contribution is 7.17. The van der Waals surface area contributed by atoms with Crippen LogP contribution in [-0.4, -0.2) is 17.9 Å². The number of methoxy groups -OCH3 is 1. The van der Waals surface area contributed by atoms with Gasteiger partial charge < -0.3 is 10.1 Å². The van der Waals surface area contributed by atoms with Crippen LogP contribution in [0.4, 0.5) is 10.8 Å². The number of hydrogen-bond acceptors (Lipinski definition) is 5. The molecule has 0 aliphatic carbocycles. The summed E-state index contributed by atoms with van der Waals surface area (Å²) >= 11 is 7.22. The van der Waals surface area contributed by atoms with Crippen LogP contribution < -0.4 is 10.1 Å². The molecule has 0 radical (unpaired) electrons. The van der Waals surface area contributed by atoms with E-state index in [4.69, 9.17) is 16.3 Å². The van der Waals surface area contributed by atoms with Crippen LogP contribution >= 0.6 is 22.9 Å². The Labute approximate surface area is 161 Å². The summed E-state index contributed by atoms with van der Waals surface area (Å²) in [7, 11) is 1.62. The number of allylic oxidation sites excluding steroid dienone is 1. The number of benzene rings is 2. The van der Waals surface area contributed by atoms with Gasteiger partial charge in [0.25, 0.3) is 0 Å². The van der Waals surface area contributed by atoms with Crippen molar-refractivity contribution in [3.63, 3.8) is 0 Å². The molecule has 0 unspecified atom stereocenters. The number of carbonyl (C=O) groups excluding carboxylic acids is 1. The highest BCUT2D eigenvalue weighted by Crippen LogP contribution is 2.27. The first kappa shape index (κ1) is 18.2. The van der Waals surface area contributed by atoms with Gasteiger partial charge in [-0.05, 0) is 55.0 Å². The van der Waals surface area contributed by atoms with Gasteiger partial charge in [0, 0.05) is 10.7 Å². The number of ether oxygens (including phenoxy) is 1. The first-order chi connectivity index (χ1) is 12.5. The van der Waals surface area contributed by atoms with E-state index in [0.29, 0.717) is 20.7 Å². The van der Waals surface area contributed by atoms with Crippen molar-refractivity contribution in [2.24, 2.45) is 0 Å². The number of thiazole rings is 1. The van der Waals surface area contributed by atoms with Crippen molar-refractivity contribution in [3.05, 3.63) is 75.8 Å². The summed E-state index contributed by atoms with van der Waals surface area (Å²) in [6, 6.07) is 14.8. The summed E-state index contributed by atoms with van der Waals surface area (Å²) in [5, 5.41) is 4.54. The molecule has 0 saturated heterocycles. The molecule has 0 saturated carbocycles. The third kappa shape index (κ3) is 4.50. The molecule has 1 N–H and O–H groups in total. The monoisotopic (exact) mass is 384 g/mol. The van der Waals surface area contributed by atoms with Gasteiger partial charge in [-0.25, -0.2) is 4.98 Å². The normalized spacial score (nSPS) is 10.9. The fraction of sp³-hybridized carbons (Fsp3) is 0.100. The van der Waals surface area contributed by atoms with Crippen molar-refractivity contribution in [3.8, 4) is 5.75 Å². The smallest absolute Gasteiger partial charge is 0.197 e. The number of ketones is 1. The lowest BCUT2D eigenvalue weighted by Crippen LogP contribution is -1.93. The Balaban J connectivity index is 1.71. The topological polar surface area (TPSA) is 51.2 Å². The van der Waals surface area contributed by atoms with Gasteiger partial charge in [-0.15, -0.1) is 0 Å². The molecule has 0 atom stereocenters. The maximum absolute atomic E-state index is 12.5. The van der Waals surface area contributed by atoms with Crippen LogP contribution in [0.1, 0.15) is 20.9 Å². The predicted octanol–water partition coefficient (Wildman–Crippen LogP) is 5.75. The summed E-state index contributed by atoms with van der Waals surface area (Å²) in [6.45, 7) is 1.83. The lowest BCUT2D eigenvalue weighted by molar-refractivity contribution is 0.105. The molecule has 3 rings (SSSR count). The number of aryl methyl sites for hydroxylation is 1. The Morgan fingerprint density at radius 1 is 1.15 bits per heavy atom. The second kappa shape index (κ2) is 8.17. The van der Waals surface area contributed by atoms with E-state index in [2.05, 4.69) is 10.3 Å². The zero-order chi connectivity index (χ0) is 18.5. The molecule has 6 heteroatoms. The van der Waals surface area contributed by atoms with Crippen LogP contribution in [0, 0.1) is 6.92 Å². The van der Waals surface area contributed by atoms with E-state index in [1.165, 1.54) is 11.3 Å². The molecule has 0 spiro atoms. The molecule has 4 nitrogen and oxygen atoms in total. The minimum atomic E-state index is -0.0695. The molecular formula is C20H17ClN2O2S. The third-order valence-corrected chi connectivity index (χ3v) is 5.00. The van der Waals surface area contributed by atoms with Crippen LogP contribution in [0.15, 0.2) is 54.6 Å². The molecule has 0 amide bonds. The number of halogens is 1. The fourth-order valence-electron chi connectivity index (χ4n) is 2.30. The first-order valence-corrected chi connectivity index (χ1v) is 9.11. The van der Waals surface area contributed by atoms with Gasteiger partial charge >= 0.3 is 0 Å². The summed E-state index contributed by atoms with van der Waals surface area (Å²) in [5.41, 5.74) is 2.51. The quantitative estimate of drug-likeness (QED) is 0.434. The summed E-state index contributed by atoms with van der Waals surface area (Å²) in [5.74, 6) is 0.713. The Morgan fingerprint density at radius 2 is 1.85 bits per heavy atom. The molecule has 0 aliphatic rings. The molecule has 132 valence electrons. The summed E-state index contributed by atoms with van der Waals surface area (Å²) < 4.78 is 5.13. The van der Waals surface area contributed by atoms with Crippen LogP contribution in [-0.2, 0) is 0 Å². The zero-order valence-electron chi connectivity index (χ0n) is 14.3. The van der Waals surface area contributed by atoms with Crippen molar-refractivity contribution in [2.45, 2.75) is 6.92 Å². The number of hydrogen-bond donors (Lipinski definition) is 1. The van der Waals surface area contributed by atoms with Gasteiger partial charge in [-0.3, -0.25) is 4.79 Å². The van der Waals surface area contributed by atoms with Crippen molar-refractivity contribution < 1.29 is 9.53 Å². The van der Waals surface area contributed by atoms with E-state index in [0.717, 1.165) is 17.0 Å². The van der Waals surface area contributed by atoms with E-state index in [-0.39, 0.29) is 5.78 Å². The van der Waals surface area contributed by atoms with Gasteiger partial charge in [0.15, 0.2) is 10.9 Å². The molecule has 3 aromatic rings. The van der Waals surface area contributed by atoms with Gasteiger partial charge in [-0.2, -0.15) is 0 Å². The molecule has 1 heterocycles. The van der Waals surface area contributed by atoms with E-state index in [9.17, 15) is 4.79 Å². The number of anilines is 2. The first-order valence-electron chi connectivity index (χ1n) is 7.91. The molecule has 0 aliphatic heterocycles. The average Bonchev–Trinajstić information content (AvgIpc) is 3.02. The zero-order valence-corrected chi connectivity index (χ0v) is 15.9. The van der Waals surface area contributed by atoms with Crippen LogP contribution in [0.2, 0.25) is 5.02 Å². The maximum Gasteiger partial charge on any atom is 0.197 e. The minimum Gasteiger partial charge on any atom is -0.497 e. The molecule has 26 heavy (non-hydrogen) atoms. The average molecular weight is 385 g/mol. The van der Waals surface area contributed by atoms with Crippen molar-refractivity contribution in [2.75, 3.05) is 12.4 Å². The highest BCUT2D eigenvalue weighted by atomic mass is 35.5. The Kier molecular flexibility index (Phi) is 5.71. The van der Waals surface area contributed by atoms with Crippen LogP contribution in [0.5, 0.6) is 5.75 Å². The second-order valence-corrected chi connectivity index (χ2v) is 6.97. The molecule has 2 aromatic carbocycles. The van der Waals surface area contributed by atoms with Gasteiger partial charge in [0.05, 0.1) is 17.7 Å². The van der Waals surface area contributed by atoms with Crippen molar-refractivity contribution in [1.82, 2.24) is 4.98 Å².